The zero-order valence-electron chi connectivity index (χ0n) is 12.9. The van der Waals surface area contributed by atoms with E-state index in [-0.39, 0.29) is 5.82 Å². The predicted octanol–water partition coefficient (Wildman–Crippen LogP) is 1.46. The third kappa shape index (κ3) is 2.97. The number of quaternary nitrogens is 1. The minimum absolute atomic E-state index is 0.133. The quantitative estimate of drug-likeness (QED) is 0.929. The molecule has 2 aromatic carbocycles. The maximum Gasteiger partial charge on any atom is 0.231 e. The topological polar surface area (TPSA) is 26.1 Å². The third-order valence-corrected chi connectivity index (χ3v) is 4.55. The molecule has 0 radical (unpaired) electrons. The highest BCUT2D eigenvalue weighted by Crippen LogP contribution is 2.32. The Labute approximate surface area is 135 Å². The molecule has 2 heterocycles. The average molecular weight is 315 g/mol. The summed E-state index contributed by atoms with van der Waals surface area (Å²) < 4.78 is 24.7. The maximum atomic E-state index is 13.9. The van der Waals surface area contributed by atoms with Crippen LogP contribution in [0.25, 0.3) is 0 Å². The van der Waals surface area contributed by atoms with Crippen molar-refractivity contribution in [1.29, 1.82) is 0 Å². The van der Waals surface area contributed by atoms with Gasteiger partial charge in [0.15, 0.2) is 11.5 Å². The summed E-state index contributed by atoms with van der Waals surface area (Å²) in [6, 6.07) is 13.2. The standard InChI is InChI=1S/C18H19FN2O2/c19-15-3-1-2-4-16(15)21-9-7-20(8-10-21)12-14-5-6-17-18(11-14)23-13-22-17/h1-6,11H,7-10,12-13H2/p+1. The van der Waals surface area contributed by atoms with Crippen LogP contribution < -0.4 is 19.3 Å². The summed E-state index contributed by atoms with van der Waals surface area (Å²) in [5.41, 5.74) is 1.97. The van der Waals surface area contributed by atoms with E-state index in [2.05, 4.69) is 17.0 Å². The number of rotatable bonds is 3. The lowest BCUT2D eigenvalue weighted by atomic mass is 10.1. The Morgan fingerprint density at radius 1 is 1.00 bits per heavy atom. The minimum atomic E-state index is -0.133. The fourth-order valence-electron chi connectivity index (χ4n) is 3.29. The van der Waals surface area contributed by atoms with Crippen LogP contribution in [0.1, 0.15) is 5.56 Å². The lowest BCUT2D eigenvalue weighted by Gasteiger charge is -2.33. The largest absolute Gasteiger partial charge is 0.454 e. The van der Waals surface area contributed by atoms with E-state index in [1.165, 1.54) is 16.5 Å². The fraction of sp³-hybridized carbons (Fsp3) is 0.333. The van der Waals surface area contributed by atoms with Crippen molar-refractivity contribution in [2.75, 3.05) is 37.9 Å². The lowest BCUT2D eigenvalue weighted by Crippen LogP contribution is -3.13. The van der Waals surface area contributed by atoms with Gasteiger partial charge in [0, 0.05) is 5.56 Å². The van der Waals surface area contributed by atoms with Crippen LogP contribution >= 0.6 is 0 Å². The highest BCUT2D eigenvalue weighted by atomic mass is 19.1. The lowest BCUT2D eigenvalue weighted by molar-refractivity contribution is -0.914. The number of anilines is 1. The second-order valence-corrected chi connectivity index (χ2v) is 6.05. The molecule has 0 bridgehead atoms. The molecule has 0 amide bonds. The molecular formula is C18H20FN2O2+. The normalized spacial score (nSPS) is 17.5. The molecule has 4 nitrogen and oxygen atoms in total. The Hall–Kier alpha value is -2.27. The number of fused-ring (bicyclic) bond motifs is 1. The summed E-state index contributed by atoms with van der Waals surface area (Å²) in [7, 11) is 0. The molecule has 23 heavy (non-hydrogen) atoms. The van der Waals surface area contributed by atoms with Gasteiger partial charge in [-0.15, -0.1) is 0 Å². The molecule has 0 saturated carbocycles. The van der Waals surface area contributed by atoms with Gasteiger partial charge >= 0.3 is 0 Å². The molecule has 2 aliphatic heterocycles. The van der Waals surface area contributed by atoms with Crippen LogP contribution in [0.4, 0.5) is 10.1 Å². The van der Waals surface area contributed by atoms with Crippen LogP contribution in [0.5, 0.6) is 11.5 Å². The number of para-hydroxylation sites is 1. The minimum Gasteiger partial charge on any atom is -0.454 e. The number of piperazine rings is 1. The zero-order chi connectivity index (χ0) is 15.6. The molecule has 2 aliphatic rings. The second kappa shape index (κ2) is 6.08. The first-order valence-corrected chi connectivity index (χ1v) is 8.01. The monoisotopic (exact) mass is 315 g/mol. The van der Waals surface area contributed by atoms with Crippen molar-refractivity contribution >= 4 is 5.69 Å². The molecule has 0 spiro atoms. The second-order valence-electron chi connectivity index (χ2n) is 6.05. The van der Waals surface area contributed by atoms with Crippen molar-refractivity contribution in [2.24, 2.45) is 0 Å². The first-order chi connectivity index (χ1) is 11.3. The summed E-state index contributed by atoms with van der Waals surface area (Å²) in [5.74, 6) is 1.53. The molecule has 5 heteroatoms. The Bertz CT molecular complexity index is 699. The summed E-state index contributed by atoms with van der Waals surface area (Å²) in [5, 5.41) is 0. The summed E-state index contributed by atoms with van der Waals surface area (Å²) in [6.45, 7) is 5.03. The maximum absolute atomic E-state index is 13.9. The van der Waals surface area contributed by atoms with Crippen LogP contribution in [-0.2, 0) is 6.54 Å². The van der Waals surface area contributed by atoms with E-state index in [1.54, 1.807) is 6.07 Å². The Balaban J connectivity index is 1.37. The van der Waals surface area contributed by atoms with Crippen LogP contribution in [-0.4, -0.2) is 33.0 Å². The summed E-state index contributed by atoms with van der Waals surface area (Å²) in [6.07, 6.45) is 0. The highest BCUT2D eigenvalue weighted by molar-refractivity contribution is 5.47. The first-order valence-electron chi connectivity index (χ1n) is 8.01. The number of hydrogen-bond acceptors (Lipinski definition) is 3. The van der Waals surface area contributed by atoms with Gasteiger partial charge < -0.3 is 19.3 Å². The first kappa shape index (κ1) is 14.3. The average Bonchev–Trinajstić information content (AvgIpc) is 3.04. The van der Waals surface area contributed by atoms with E-state index in [1.807, 2.05) is 18.2 Å². The molecular weight excluding hydrogens is 295 g/mol. The summed E-state index contributed by atoms with van der Waals surface area (Å²) in [4.78, 5) is 3.65. The number of ether oxygens (including phenoxy) is 2. The van der Waals surface area contributed by atoms with Crippen molar-refractivity contribution < 1.29 is 18.8 Å². The highest BCUT2D eigenvalue weighted by Gasteiger charge is 2.23. The SMILES string of the molecule is Fc1ccccc1N1CC[NH+](Cc2ccc3c(c2)OCO3)CC1. The Kier molecular flexibility index (Phi) is 3.79. The third-order valence-electron chi connectivity index (χ3n) is 4.55. The molecule has 0 aliphatic carbocycles. The fourth-order valence-corrected chi connectivity index (χ4v) is 3.29. The van der Waals surface area contributed by atoms with E-state index < -0.39 is 0 Å². The van der Waals surface area contributed by atoms with Crippen molar-refractivity contribution in [3.8, 4) is 11.5 Å². The predicted molar refractivity (Wildman–Crippen MR) is 85.6 cm³/mol. The van der Waals surface area contributed by atoms with E-state index in [0.29, 0.717) is 6.79 Å². The molecule has 1 fully saturated rings. The van der Waals surface area contributed by atoms with Crippen molar-refractivity contribution in [3.05, 3.63) is 53.8 Å². The summed E-state index contributed by atoms with van der Waals surface area (Å²) >= 11 is 0. The van der Waals surface area contributed by atoms with Crippen LogP contribution in [0.3, 0.4) is 0 Å². The Morgan fingerprint density at radius 2 is 1.78 bits per heavy atom. The van der Waals surface area contributed by atoms with Crippen LogP contribution in [0.15, 0.2) is 42.5 Å². The molecule has 4 rings (SSSR count). The molecule has 0 aromatic heterocycles. The number of hydrogen-bond donors (Lipinski definition) is 1. The zero-order valence-corrected chi connectivity index (χ0v) is 12.9. The van der Waals surface area contributed by atoms with E-state index in [0.717, 1.165) is 49.9 Å². The van der Waals surface area contributed by atoms with Crippen molar-refractivity contribution in [2.45, 2.75) is 6.54 Å². The molecule has 1 N–H and O–H groups in total. The van der Waals surface area contributed by atoms with Gasteiger partial charge in [0.05, 0.1) is 31.9 Å². The number of nitrogens with zero attached hydrogens (tertiary/aromatic N) is 1. The molecule has 0 unspecified atom stereocenters. The smallest absolute Gasteiger partial charge is 0.231 e. The van der Waals surface area contributed by atoms with Crippen LogP contribution in [0, 0.1) is 5.82 Å². The van der Waals surface area contributed by atoms with Gasteiger partial charge in [-0.1, -0.05) is 12.1 Å². The van der Waals surface area contributed by atoms with E-state index in [9.17, 15) is 4.39 Å². The van der Waals surface area contributed by atoms with E-state index >= 15 is 0 Å². The number of nitrogens with one attached hydrogen (secondary N) is 1. The molecule has 1 saturated heterocycles. The van der Waals surface area contributed by atoms with Gasteiger partial charge in [-0.25, -0.2) is 4.39 Å². The van der Waals surface area contributed by atoms with Gasteiger partial charge in [0.25, 0.3) is 0 Å². The molecule has 2 aromatic rings. The Morgan fingerprint density at radius 3 is 2.61 bits per heavy atom. The van der Waals surface area contributed by atoms with Crippen molar-refractivity contribution in [1.82, 2.24) is 0 Å². The number of halogens is 1. The van der Waals surface area contributed by atoms with E-state index in [4.69, 9.17) is 9.47 Å². The van der Waals surface area contributed by atoms with Crippen molar-refractivity contribution in [3.63, 3.8) is 0 Å². The molecule has 0 atom stereocenters. The molecule has 120 valence electrons. The van der Waals surface area contributed by atoms with Gasteiger partial charge in [-0.3, -0.25) is 0 Å². The number of benzene rings is 2. The van der Waals surface area contributed by atoms with Gasteiger partial charge in [-0.05, 0) is 30.3 Å². The van der Waals surface area contributed by atoms with Gasteiger partial charge in [0.2, 0.25) is 6.79 Å². The van der Waals surface area contributed by atoms with Gasteiger partial charge in [-0.2, -0.15) is 0 Å². The van der Waals surface area contributed by atoms with Crippen LogP contribution in [0.2, 0.25) is 0 Å². The van der Waals surface area contributed by atoms with Gasteiger partial charge in [0.1, 0.15) is 12.4 Å².